The van der Waals surface area contributed by atoms with E-state index in [1.165, 1.54) is 4.80 Å². The number of hydrogen-bond donors (Lipinski definition) is 3. The van der Waals surface area contributed by atoms with Crippen LogP contribution in [0, 0.1) is 6.92 Å². The van der Waals surface area contributed by atoms with Crippen LogP contribution in [0.4, 0.5) is 0 Å². The maximum atomic E-state index is 11.9. The number of nitrogens with zero attached hydrogens (tertiary/aromatic N) is 3. The van der Waals surface area contributed by atoms with Crippen LogP contribution >= 0.6 is 12.2 Å². The molecular formula is C17H18N6O2S. The fraction of sp³-hybridized carbons (Fsp3) is 0.176. The van der Waals surface area contributed by atoms with Crippen molar-refractivity contribution in [2.75, 3.05) is 13.7 Å². The molecule has 8 nitrogen and oxygen atoms in total. The van der Waals surface area contributed by atoms with Gasteiger partial charge in [0, 0.05) is 7.05 Å². The van der Waals surface area contributed by atoms with Crippen LogP contribution < -0.4 is 20.9 Å². The van der Waals surface area contributed by atoms with Gasteiger partial charge in [-0.1, -0.05) is 18.2 Å². The molecule has 0 aliphatic heterocycles. The second-order valence-electron chi connectivity index (χ2n) is 5.49. The highest BCUT2D eigenvalue weighted by molar-refractivity contribution is 7.80. The number of benzene rings is 2. The molecule has 2 aromatic carbocycles. The molecule has 0 atom stereocenters. The molecule has 3 aromatic rings. The number of rotatable bonds is 4. The van der Waals surface area contributed by atoms with Crippen molar-refractivity contribution in [2.24, 2.45) is 0 Å². The van der Waals surface area contributed by atoms with Crippen LogP contribution in [0.5, 0.6) is 5.75 Å². The van der Waals surface area contributed by atoms with E-state index in [1.807, 2.05) is 43.3 Å². The highest BCUT2D eigenvalue weighted by Gasteiger charge is 2.12. The van der Waals surface area contributed by atoms with Crippen molar-refractivity contribution in [3.05, 3.63) is 48.0 Å². The van der Waals surface area contributed by atoms with Gasteiger partial charge in [-0.2, -0.15) is 0 Å². The van der Waals surface area contributed by atoms with Crippen LogP contribution in [0.25, 0.3) is 16.7 Å². The summed E-state index contributed by atoms with van der Waals surface area (Å²) in [4.78, 5) is 13.4. The molecule has 0 bridgehead atoms. The van der Waals surface area contributed by atoms with E-state index in [0.717, 1.165) is 16.6 Å². The Balaban J connectivity index is 1.78. The normalized spacial score (nSPS) is 10.4. The van der Waals surface area contributed by atoms with Crippen molar-refractivity contribution >= 4 is 34.3 Å². The maximum Gasteiger partial charge on any atom is 0.276 e. The number of carbonyl (C=O) groups excluding carboxylic acids is 1. The summed E-state index contributed by atoms with van der Waals surface area (Å²) in [6.45, 7) is 1.78. The molecule has 1 aromatic heterocycles. The first-order chi connectivity index (χ1) is 12.6. The summed E-state index contributed by atoms with van der Waals surface area (Å²) in [5.74, 6) is 0.134. The summed E-state index contributed by atoms with van der Waals surface area (Å²) in [7, 11) is 1.65. The van der Waals surface area contributed by atoms with Crippen LogP contribution in [-0.4, -0.2) is 39.7 Å². The Labute approximate surface area is 155 Å². The quantitative estimate of drug-likeness (QED) is 0.470. The number of carbonyl (C=O) groups is 1. The van der Waals surface area contributed by atoms with E-state index in [2.05, 4.69) is 26.4 Å². The van der Waals surface area contributed by atoms with Crippen molar-refractivity contribution in [2.45, 2.75) is 6.92 Å². The molecule has 26 heavy (non-hydrogen) atoms. The van der Waals surface area contributed by atoms with Crippen LogP contribution in [0.1, 0.15) is 5.56 Å². The third-order valence-electron chi connectivity index (χ3n) is 3.52. The topological polar surface area (TPSA) is 93.1 Å². The Morgan fingerprint density at radius 3 is 2.50 bits per heavy atom. The number of ether oxygens (including phenoxy) is 1. The lowest BCUT2D eigenvalue weighted by Gasteiger charge is -2.12. The minimum atomic E-state index is -0.368. The van der Waals surface area contributed by atoms with Crippen molar-refractivity contribution in [3.63, 3.8) is 0 Å². The summed E-state index contributed by atoms with van der Waals surface area (Å²) >= 11 is 4.88. The van der Waals surface area contributed by atoms with Crippen LogP contribution in [-0.2, 0) is 4.79 Å². The average molecular weight is 370 g/mol. The van der Waals surface area contributed by atoms with Gasteiger partial charge in [0.2, 0.25) is 0 Å². The predicted octanol–water partition coefficient (Wildman–Crippen LogP) is 1.23. The molecule has 134 valence electrons. The van der Waals surface area contributed by atoms with E-state index >= 15 is 0 Å². The summed E-state index contributed by atoms with van der Waals surface area (Å²) in [5.41, 5.74) is 8.24. The van der Waals surface area contributed by atoms with Crippen molar-refractivity contribution < 1.29 is 9.53 Å². The van der Waals surface area contributed by atoms with E-state index in [9.17, 15) is 4.79 Å². The Hall–Kier alpha value is -3.20. The van der Waals surface area contributed by atoms with Gasteiger partial charge in [0.15, 0.2) is 11.7 Å². The number of nitrogens with one attached hydrogen (secondary N) is 3. The first-order valence-corrected chi connectivity index (χ1v) is 8.30. The van der Waals surface area contributed by atoms with E-state index in [4.69, 9.17) is 17.0 Å². The average Bonchev–Trinajstić information content (AvgIpc) is 3.09. The Morgan fingerprint density at radius 1 is 1.15 bits per heavy atom. The van der Waals surface area contributed by atoms with Crippen LogP contribution in [0.15, 0.2) is 42.5 Å². The van der Waals surface area contributed by atoms with Crippen molar-refractivity contribution in [1.82, 2.24) is 31.2 Å². The summed E-state index contributed by atoms with van der Waals surface area (Å²) in [6.07, 6.45) is 0. The van der Waals surface area contributed by atoms with Gasteiger partial charge in [-0.3, -0.25) is 15.6 Å². The monoisotopic (exact) mass is 370 g/mol. The van der Waals surface area contributed by atoms with E-state index in [1.54, 1.807) is 13.1 Å². The predicted molar refractivity (Wildman–Crippen MR) is 102 cm³/mol. The standard InChI is InChI=1S/C17H18N6O2S/c1-11-7-8-15(25-10-16(24)19-20-17(26)18-2)14(9-11)23-21-12-5-3-4-6-13(12)22-23/h3-9H,10H2,1-2H3,(H,19,24)(H2,18,20,26). The van der Waals surface area contributed by atoms with Gasteiger partial charge in [0.05, 0.1) is 0 Å². The van der Waals surface area contributed by atoms with Gasteiger partial charge >= 0.3 is 0 Å². The number of thiocarbonyl (C=S) groups is 1. The maximum absolute atomic E-state index is 11.9. The molecule has 0 unspecified atom stereocenters. The Kier molecular flexibility index (Phi) is 5.28. The smallest absolute Gasteiger partial charge is 0.276 e. The third kappa shape index (κ3) is 4.06. The number of hydrogen-bond acceptors (Lipinski definition) is 5. The Morgan fingerprint density at radius 2 is 1.85 bits per heavy atom. The first kappa shape index (κ1) is 17.6. The largest absolute Gasteiger partial charge is 0.481 e. The van der Waals surface area contributed by atoms with Gasteiger partial charge < -0.3 is 10.1 Å². The molecule has 1 amide bonds. The lowest BCUT2D eigenvalue weighted by Crippen LogP contribution is -2.47. The molecule has 0 radical (unpaired) electrons. The zero-order valence-electron chi connectivity index (χ0n) is 14.3. The zero-order chi connectivity index (χ0) is 18.5. The lowest BCUT2D eigenvalue weighted by molar-refractivity contribution is -0.123. The SMILES string of the molecule is CNC(=S)NNC(=O)COc1ccc(C)cc1-n1nc2ccccc2n1. The number of amides is 1. The minimum absolute atomic E-state index is 0.184. The first-order valence-electron chi connectivity index (χ1n) is 7.89. The van der Waals surface area contributed by atoms with Crippen LogP contribution in [0.3, 0.4) is 0 Å². The molecule has 3 N–H and O–H groups in total. The molecule has 9 heteroatoms. The number of hydrazine groups is 1. The lowest BCUT2D eigenvalue weighted by atomic mass is 10.2. The second kappa shape index (κ2) is 7.79. The fourth-order valence-corrected chi connectivity index (χ4v) is 2.29. The van der Waals surface area contributed by atoms with Gasteiger partial charge in [-0.25, -0.2) is 0 Å². The molecule has 0 saturated heterocycles. The molecular weight excluding hydrogens is 352 g/mol. The molecule has 0 aliphatic carbocycles. The summed E-state index contributed by atoms with van der Waals surface area (Å²) in [5, 5.41) is 11.9. The van der Waals surface area contributed by atoms with Crippen LogP contribution in [0.2, 0.25) is 0 Å². The summed E-state index contributed by atoms with van der Waals surface area (Å²) in [6, 6.07) is 13.2. The van der Waals surface area contributed by atoms with Crippen molar-refractivity contribution in [3.8, 4) is 11.4 Å². The number of aromatic nitrogens is 3. The van der Waals surface area contributed by atoms with Crippen molar-refractivity contribution in [1.29, 1.82) is 0 Å². The van der Waals surface area contributed by atoms with E-state index in [0.29, 0.717) is 16.5 Å². The molecule has 0 spiro atoms. The van der Waals surface area contributed by atoms with Gasteiger partial charge in [0.1, 0.15) is 22.5 Å². The Bertz CT molecular complexity index is 922. The molecule has 0 fully saturated rings. The highest BCUT2D eigenvalue weighted by Crippen LogP contribution is 2.24. The van der Waals surface area contributed by atoms with E-state index in [-0.39, 0.29) is 12.5 Å². The third-order valence-corrected chi connectivity index (χ3v) is 3.82. The zero-order valence-corrected chi connectivity index (χ0v) is 15.1. The number of fused-ring (bicyclic) bond motifs is 1. The fourth-order valence-electron chi connectivity index (χ4n) is 2.24. The van der Waals surface area contributed by atoms with E-state index < -0.39 is 0 Å². The van der Waals surface area contributed by atoms with Gasteiger partial charge in [-0.05, 0) is 49.0 Å². The second-order valence-corrected chi connectivity index (χ2v) is 5.90. The molecule has 3 rings (SSSR count). The molecule has 1 heterocycles. The van der Waals surface area contributed by atoms with Gasteiger partial charge in [-0.15, -0.1) is 15.0 Å². The molecule has 0 aliphatic rings. The number of aryl methyl sites for hydroxylation is 1. The van der Waals surface area contributed by atoms with Gasteiger partial charge in [0.25, 0.3) is 5.91 Å². The highest BCUT2D eigenvalue weighted by atomic mass is 32.1. The summed E-state index contributed by atoms with van der Waals surface area (Å²) < 4.78 is 5.65. The molecule has 0 saturated carbocycles. The minimum Gasteiger partial charge on any atom is -0.481 e.